The fourth-order valence-electron chi connectivity index (χ4n) is 1.87. The summed E-state index contributed by atoms with van der Waals surface area (Å²) in [4.78, 5) is 0. The van der Waals surface area contributed by atoms with E-state index >= 15 is 0 Å². The van der Waals surface area contributed by atoms with Crippen molar-refractivity contribution in [1.29, 1.82) is 5.41 Å². The molecular formula is C10H17N. The fraction of sp³-hybridized carbons (Fsp3) is 0.700. The zero-order valence-electron chi connectivity index (χ0n) is 7.48. The van der Waals surface area contributed by atoms with E-state index in [9.17, 15) is 0 Å². The van der Waals surface area contributed by atoms with E-state index in [1.807, 2.05) is 6.08 Å². The smallest absolute Gasteiger partial charge is 0.0316 e. The molecule has 11 heavy (non-hydrogen) atoms. The van der Waals surface area contributed by atoms with Gasteiger partial charge in [-0.25, -0.2) is 0 Å². The van der Waals surface area contributed by atoms with Crippen molar-refractivity contribution in [3.63, 3.8) is 0 Å². The fourth-order valence-corrected chi connectivity index (χ4v) is 1.87. The standard InChI is InChI=1S/C10H17N/c1-3-4-9-5-8(2)6-10(11)7-9/h6,9,11H,3-5,7H2,1-2H3. The summed E-state index contributed by atoms with van der Waals surface area (Å²) in [7, 11) is 0. The summed E-state index contributed by atoms with van der Waals surface area (Å²) in [5, 5.41) is 7.55. The number of nitrogens with one attached hydrogen (secondary N) is 1. The second-order valence-corrected chi connectivity index (χ2v) is 3.58. The largest absolute Gasteiger partial charge is 0.305 e. The van der Waals surface area contributed by atoms with Gasteiger partial charge in [-0.15, -0.1) is 0 Å². The van der Waals surface area contributed by atoms with Gasteiger partial charge in [0, 0.05) is 5.71 Å². The highest BCUT2D eigenvalue weighted by atomic mass is 14.4. The molecule has 0 aromatic rings. The summed E-state index contributed by atoms with van der Waals surface area (Å²) in [5.74, 6) is 0.762. The molecular weight excluding hydrogens is 134 g/mol. The van der Waals surface area contributed by atoms with Crippen LogP contribution in [0.3, 0.4) is 0 Å². The van der Waals surface area contributed by atoms with Crippen molar-refractivity contribution in [1.82, 2.24) is 0 Å². The second-order valence-electron chi connectivity index (χ2n) is 3.58. The zero-order chi connectivity index (χ0) is 8.27. The van der Waals surface area contributed by atoms with Crippen LogP contribution in [0.4, 0.5) is 0 Å². The molecule has 0 bridgehead atoms. The highest BCUT2D eigenvalue weighted by Gasteiger charge is 2.14. The van der Waals surface area contributed by atoms with Crippen LogP contribution in [-0.4, -0.2) is 5.71 Å². The minimum atomic E-state index is 0.762. The minimum absolute atomic E-state index is 0.762. The average Bonchev–Trinajstić information content (AvgIpc) is 1.85. The normalized spacial score (nSPS) is 25.1. The van der Waals surface area contributed by atoms with Crippen molar-refractivity contribution in [3.05, 3.63) is 11.6 Å². The summed E-state index contributed by atoms with van der Waals surface area (Å²) in [5.41, 5.74) is 2.21. The SMILES string of the molecule is CCCC1CC(=N)C=C(C)C1. The molecule has 0 saturated heterocycles. The second kappa shape index (κ2) is 3.70. The van der Waals surface area contributed by atoms with Crippen LogP contribution in [0.5, 0.6) is 0 Å². The van der Waals surface area contributed by atoms with Crippen molar-refractivity contribution < 1.29 is 0 Å². The van der Waals surface area contributed by atoms with Crippen LogP contribution in [-0.2, 0) is 0 Å². The van der Waals surface area contributed by atoms with E-state index in [0.29, 0.717) is 0 Å². The quantitative estimate of drug-likeness (QED) is 0.627. The number of hydrogen-bond acceptors (Lipinski definition) is 1. The minimum Gasteiger partial charge on any atom is -0.305 e. The van der Waals surface area contributed by atoms with Gasteiger partial charge in [-0.3, -0.25) is 0 Å². The lowest BCUT2D eigenvalue weighted by Gasteiger charge is -2.20. The lowest BCUT2D eigenvalue weighted by atomic mass is 9.85. The lowest BCUT2D eigenvalue weighted by Crippen LogP contribution is -2.12. The number of hydrogen-bond donors (Lipinski definition) is 1. The summed E-state index contributed by atoms with van der Waals surface area (Å²) in [6, 6.07) is 0. The van der Waals surface area contributed by atoms with E-state index < -0.39 is 0 Å². The third-order valence-corrected chi connectivity index (χ3v) is 2.24. The van der Waals surface area contributed by atoms with Gasteiger partial charge in [0.25, 0.3) is 0 Å². The highest BCUT2D eigenvalue weighted by Crippen LogP contribution is 2.25. The Bertz CT molecular complexity index is 179. The molecule has 0 aromatic carbocycles. The highest BCUT2D eigenvalue weighted by molar-refractivity contribution is 5.93. The predicted octanol–water partition coefficient (Wildman–Crippen LogP) is 3.16. The van der Waals surface area contributed by atoms with E-state index in [4.69, 9.17) is 5.41 Å². The monoisotopic (exact) mass is 151 g/mol. The molecule has 1 nitrogen and oxygen atoms in total. The van der Waals surface area contributed by atoms with Crippen molar-refractivity contribution in [2.75, 3.05) is 0 Å². The van der Waals surface area contributed by atoms with Gasteiger partial charge in [0.05, 0.1) is 0 Å². The Morgan fingerprint density at radius 1 is 1.55 bits per heavy atom. The Morgan fingerprint density at radius 2 is 2.27 bits per heavy atom. The summed E-state index contributed by atoms with van der Waals surface area (Å²) in [6.07, 6.45) is 6.78. The van der Waals surface area contributed by atoms with Gasteiger partial charge in [-0.05, 0) is 31.8 Å². The van der Waals surface area contributed by atoms with Crippen molar-refractivity contribution in [2.45, 2.75) is 39.5 Å². The third-order valence-electron chi connectivity index (χ3n) is 2.24. The molecule has 1 heteroatoms. The van der Waals surface area contributed by atoms with Crippen LogP contribution < -0.4 is 0 Å². The van der Waals surface area contributed by atoms with Crippen LogP contribution in [0.2, 0.25) is 0 Å². The molecule has 0 heterocycles. The Labute approximate surface area is 69.0 Å². The molecule has 0 saturated carbocycles. The van der Waals surface area contributed by atoms with Gasteiger partial charge in [-0.1, -0.05) is 25.3 Å². The van der Waals surface area contributed by atoms with Gasteiger partial charge < -0.3 is 5.41 Å². The first-order valence-corrected chi connectivity index (χ1v) is 4.47. The van der Waals surface area contributed by atoms with E-state index in [0.717, 1.165) is 18.1 Å². The maximum atomic E-state index is 7.55. The molecule has 1 unspecified atom stereocenters. The molecule has 62 valence electrons. The first-order valence-electron chi connectivity index (χ1n) is 4.47. The lowest BCUT2D eigenvalue weighted by molar-refractivity contribution is 0.485. The Morgan fingerprint density at radius 3 is 2.82 bits per heavy atom. The zero-order valence-corrected chi connectivity index (χ0v) is 7.48. The molecule has 0 amide bonds. The Hall–Kier alpha value is -0.590. The van der Waals surface area contributed by atoms with Crippen LogP contribution in [0.1, 0.15) is 39.5 Å². The first kappa shape index (κ1) is 8.51. The van der Waals surface area contributed by atoms with E-state index in [2.05, 4.69) is 13.8 Å². The van der Waals surface area contributed by atoms with Crippen LogP contribution in [0.25, 0.3) is 0 Å². The van der Waals surface area contributed by atoms with Crippen LogP contribution in [0, 0.1) is 11.3 Å². The van der Waals surface area contributed by atoms with E-state index in [-0.39, 0.29) is 0 Å². The van der Waals surface area contributed by atoms with Gasteiger partial charge >= 0.3 is 0 Å². The van der Waals surface area contributed by atoms with Crippen LogP contribution >= 0.6 is 0 Å². The Balaban J connectivity index is 2.50. The van der Waals surface area contributed by atoms with Gasteiger partial charge in [0.1, 0.15) is 0 Å². The molecule has 1 N–H and O–H groups in total. The molecule has 0 fully saturated rings. The van der Waals surface area contributed by atoms with Crippen molar-refractivity contribution >= 4 is 5.71 Å². The Kier molecular flexibility index (Phi) is 2.86. The number of allylic oxidation sites excluding steroid dienone is 2. The summed E-state index contributed by atoms with van der Waals surface area (Å²) in [6.45, 7) is 4.35. The molecule has 1 aliphatic carbocycles. The molecule has 0 spiro atoms. The summed E-state index contributed by atoms with van der Waals surface area (Å²) < 4.78 is 0. The maximum absolute atomic E-state index is 7.55. The average molecular weight is 151 g/mol. The van der Waals surface area contributed by atoms with Gasteiger partial charge in [0.15, 0.2) is 0 Å². The molecule has 1 atom stereocenters. The summed E-state index contributed by atoms with van der Waals surface area (Å²) >= 11 is 0. The number of rotatable bonds is 2. The predicted molar refractivity (Wildman–Crippen MR) is 49.1 cm³/mol. The molecule has 0 radical (unpaired) electrons. The molecule has 0 aliphatic heterocycles. The first-order chi connectivity index (χ1) is 5.22. The third kappa shape index (κ3) is 2.49. The van der Waals surface area contributed by atoms with Gasteiger partial charge in [0.2, 0.25) is 0 Å². The molecule has 1 aliphatic rings. The van der Waals surface area contributed by atoms with Crippen LogP contribution in [0.15, 0.2) is 11.6 Å². The molecule has 1 rings (SSSR count). The van der Waals surface area contributed by atoms with E-state index in [1.54, 1.807) is 0 Å². The van der Waals surface area contributed by atoms with Gasteiger partial charge in [-0.2, -0.15) is 0 Å². The maximum Gasteiger partial charge on any atom is 0.0316 e. The van der Waals surface area contributed by atoms with Crippen molar-refractivity contribution in [3.8, 4) is 0 Å². The topological polar surface area (TPSA) is 23.9 Å². The van der Waals surface area contributed by atoms with E-state index in [1.165, 1.54) is 24.8 Å². The molecule has 0 aromatic heterocycles. The van der Waals surface area contributed by atoms with Crippen molar-refractivity contribution in [2.24, 2.45) is 5.92 Å².